The Balaban J connectivity index is 2.14. The Morgan fingerprint density at radius 2 is 1.28 bits per heavy atom. The van der Waals surface area contributed by atoms with Gasteiger partial charge in [-0.25, -0.2) is 9.59 Å². The first-order valence-corrected chi connectivity index (χ1v) is 23.7. The van der Waals surface area contributed by atoms with E-state index in [1.165, 1.54) is 21.0 Å². The second-order valence-electron chi connectivity index (χ2n) is 19.5. The van der Waals surface area contributed by atoms with Gasteiger partial charge in [-0.3, -0.25) is 24.0 Å². The maximum atomic E-state index is 15.0. The molecule has 3 aromatic rings. The van der Waals surface area contributed by atoms with Gasteiger partial charge in [0.1, 0.15) is 38.1 Å². The zero-order chi connectivity index (χ0) is 53.7. The molecule has 0 bridgehead atoms. The molecule has 388 valence electrons. The van der Waals surface area contributed by atoms with Crippen LogP contribution in [-0.4, -0.2) is 143 Å². The summed E-state index contributed by atoms with van der Waals surface area (Å²) < 4.78 is 48.0. The maximum Gasteiger partial charge on any atom is 0.412 e. The molecule has 7 atom stereocenters. The third-order valence-corrected chi connectivity index (χ3v) is 12.3. The summed E-state index contributed by atoms with van der Waals surface area (Å²) in [6.07, 6.45) is -5.45. The molecule has 0 aliphatic carbocycles. The van der Waals surface area contributed by atoms with Crippen molar-refractivity contribution in [3.8, 4) is 6.07 Å². The molecule has 71 heavy (non-hydrogen) atoms. The van der Waals surface area contributed by atoms with E-state index < -0.39 is 90.0 Å². The number of carboxylic acids is 1. The van der Waals surface area contributed by atoms with Crippen LogP contribution in [0.15, 0.2) is 54.7 Å². The number of rotatable bonds is 25. The summed E-state index contributed by atoms with van der Waals surface area (Å²) >= 11 is 0. The highest BCUT2D eigenvalue weighted by Gasteiger charge is 2.46. The van der Waals surface area contributed by atoms with Gasteiger partial charge in [0.25, 0.3) is 0 Å². The van der Waals surface area contributed by atoms with Crippen LogP contribution >= 0.6 is 0 Å². The molecule has 0 fully saturated rings. The first-order chi connectivity index (χ1) is 33.1. The number of ether oxygens (including phenoxy) is 1. The Morgan fingerprint density at radius 1 is 0.775 bits per heavy atom. The lowest BCUT2D eigenvalue weighted by atomic mass is 9.95. The number of carbonyl (C=O) groups is 7. The number of likely N-dealkylation sites (N-methyl/N-ethyl adjacent to an activating group) is 3. The zero-order valence-electron chi connectivity index (χ0n) is 42.6. The van der Waals surface area contributed by atoms with Crippen LogP contribution in [-0.2, 0) is 51.3 Å². The number of halogens is 3. The number of para-hydroxylation sites is 1. The number of carboxylic acid groups (broad SMARTS) is 1. The van der Waals surface area contributed by atoms with Crippen LogP contribution in [0.3, 0.4) is 0 Å². The summed E-state index contributed by atoms with van der Waals surface area (Å²) in [5, 5.41) is 24.8. The maximum absolute atomic E-state index is 15.0. The average Bonchev–Trinajstić information content (AvgIpc) is 3.64. The standard InChI is InChI=1S/C50H70BF3N8O9/c1-28(2)22-36(45(65)59(8)31(7)49(70)71-41(48(68)69)16-13-21-55)57-44(64)40(25-33-27-62(38-15-12-11-14-35(33)38)26-32-17-19-34(51)20-18-32)60(9)46(66)37(23-29(3)4)58-43(63)39(24-30(5)6)61(10)47(67)42(56)50(52,53)54/h11-12,14-15,17-20,27-31,36-37,39-42H,13,16,22-26,51,56H2,1-10H3,(H,57,64)(H,58,63)(H,68,69)/t31-,36-,37-,39-,40-,41+,42+/m0/s1. The van der Waals surface area contributed by atoms with Crippen molar-refractivity contribution < 1.29 is 56.6 Å². The van der Waals surface area contributed by atoms with Crippen molar-refractivity contribution in [2.24, 2.45) is 23.5 Å². The Bertz CT molecular complexity index is 2390. The monoisotopic (exact) mass is 995 g/mol. The molecular formula is C50H70BF3N8O9. The fourth-order valence-electron chi connectivity index (χ4n) is 8.10. The molecule has 0 saturated heterocycles. The van der Waals surface area contributed by atoms with Gasteiger partial charge in [-0.15, -0.1) is 0 Å². The summed E-state index contributed by atoms with van der Waals surface area (Å²) in [6.45, 7) is 12.4. The van der Waals surface area contributed by atoms with Gasteiger partial charge < -0.3 is 45.5 Å². The van der Waals surface area contributed by atoms with Crippen molar-refractivity contribution >= 4 is 65.7 Å². The normalized spacial score (nSPS) is 14.6. The molecule has 21 heteroatoms. The van der Waals surface area contributed by atoms with Crippen LogP contribution in [0.5, 0.6) is 0 Å². The van der Waals surface area contributed by atoms with E-state index in [4.69, 9.17) is 15.7 Å². The fourth-order valence-corrected chi connectivity index (χ4v) is 8.10. The number of carbonyl (C=O) groups excluding carboxylic acids is 6. The Hall–Kier alpha value is -6.43. The third-order valence-electron chi connectivity index (χ3n) is 12.3. The Morgan fingerprint density at radius 3 is 1.79 bits per heavy atom. The van der Waals surface area contributed by atoms with E-state index in [0.717, 1.165) is 38.8 Å². The lowest BCUT2D eigenvalue weighted by Crippen LogP contribution is -2.61. The second-order valence-corrected chi connectivity index (χ2v) is 19.5. The molecule has 1 aromatic heterocycles. The topological polar surface area (TPSA) is 237 Å². The predicted octanol–water partition coefficient (Wildman–Crippen LogP) is 3.29. The molecular weight excluding hydrogens is 924 g/mol. The number of esters is 1. The molecule has 3 rings (SSSR count). The number of aliphatic carboxylic acids is 1. The summed E-state index contributed by atoms with van der Waals surface area (Å²) in [5.74, 6) is -7.98. The number of amides is 5. The summed E-state index contributed by atoms with van der Waals surface area (Å²) in [7, 11) is 5.69. The van der Waals surface area contributed by atoms with Crippen LogP contribution in [0.25, 0.3) is 10.9 Å². The minimum atomic E-state index is -5.09. The Labute approximate surface area is 415 Å². The van der Waals surface area contributed by atoms with Crippen LogP contribution in [0.4, 0.5) is 13.2 Å². The predicted molar refractivity (Wildman–Crippen MR) is 263 cm³/mol. The van der Waals surface area contributed by atoms with Crippen molar-refractivity contribution in [3.05, 3.63) is 65.9 Å². The number of nitrogens with zero attached hydrogens (tertiary/aromatic N) is 5. The zero-order valence-corrected chi connectivity index (χ0v) is 42.6. The molecule has 0 radical (unpaired) electrons. The molecule has 2 aromatic carbocycles. The van der Waals surface area contributed by atoms with Gasteiger partial charge in [0.2, 0.25) is 29.5 Å². The second kappa shape index (κ2) is 26.1. The smallest absolute Gasteiger partial charge is 0.412 e. The number of hydrogen-bond donors (Lipinski definition) is 4. The number of benzene rings is 2. The molecule has 0 saturated carbocycles. The Kier molecular flexibility index (Phi) is 21.7. The van der Waals surface area contributed by atoms with Crippen LogP contribution in [0.1, 0.15) is 91.7 Å². The number of nitriles is 1. The summed E-state index contributed by atoms with van der Waals surface area (Å²) in [4.78, 5) is 99.2. The van der Waals surface area contributed by atoms with Gasteiger partial charge in [0, 0.05) is 64.1 Å². The van der Waals surface area contributed by atoms with Gasteiger partial charge in [0.05, 0.1) is 6.07 Å². The first-order valence-electron chi connectivity index (χ1n) is 23.7. The van der Waals surface area contributed by atoms with E-state index in [-0.39, 0.29) is 56.3 Å². The lowest BCUT2D eigenvalue weighted by Gasteiger charge is -2.35. The number of nitrogens with two attached hydrogens (primary N) is 1. The van der Waals surface area contributed by atoms with Crippen LogP contribution in [0.2, 0.25) is 0 Å². The van der Waals surface area contributed by atoms with Gasteiger partial charge >= 0.3 is 18.1 Å². The van der Waals surface area contributed by atoms with E-state index in [1.807, 2.05) is 67.1 Å². The van der Waals surface area contributed by atoms with Gasteiger partial charge in [-0.1, -0.05) is 89.5 Å². The van der Waals surface area contributed by atoms with Gasteiger partial charge in [-0.2, -0.15) is 18.4 Å². The number of hydrogen-bond acceptors (Lipinski definition) is 10. The quantitative estimate of drug-likeness (QED) is 0.0710. The molecule has 5 N–H and O–H groups in total. The number of alkyl halides is 3. The van der Waals surface area contributed by atoms with Gasteiger partial charge in [0.15, 0.2) is 12.1 Å². The molecule has 5 amide bonds. The summed E-state index contributed by atoms with van der Waals surface area (Å²) in [5.41, 5.74) is 8.83. The highest BCUT2D eigenvalue weighted by atomic mass is 19.4. The van der Waals surface area contributed by atoms with Gasteiger partial charge in [-0.05, 0) is 61.1 Å². The van der Waals surface area contributed by atoms with Crippen LogP contribution in [0, 0.1) is 29.1 Å². The molecule has 0 unspecified atom stereocenters. The highest BCUT2D eigenvalue weighted by molar-refractivity contribution is 6.32. The van der Waals surface area contributed by atoms with Crippen molar-refractivity contribution in [3.63, 3.8) is 0 Å². The minimum absolute atomic E-state index is 0.0136. The van der Waals surface area contributed by atoms with E-state index in [2.05, 4.69) is 10.6 Å². The summed E-state index contributed by atoms with van der Waals surface area (Å²) in [6, 6.07) is 7.58. The van der Waals surface area contributed by atoms with Crippen molar-refractivity contribution in [1.82, 2.24) is 29.9 Å². The van der Waals surface area contributed by atoms with E-state index in [0.29, 0.717) is 17.0 Å². The minimum Gasteiger partial charge on any atom is -0.479 e. The average molecular weight is 995 g/mol. The third kappa shape index (κ3) is 16.6. The lowest BCUT2D eigenvalue weighted by molar-refractivity contribution is -0.172. The number of nitrogens with one attached hydrogen (secondary N) is 2. The van der Waals surface area contributed by atoms with Crippen molar-refractivity contribution in [1.29, 1.82) is 5.26 Å². The first kappa shape index (κ1) is 58.9. The SMILES string of the molecule is Bc1ccc(Cn2cc(C[C@@H](C(=O)N[C@@H](CC(C)C)C(=O)N(C)[C@@H](C)C(=O)O[C@H](CCC#N)C(=O)O)N(C)C(=O)[C@H](CC(C)C)NC(=O)[C@H](CC(C)C)N(C)C(=O)[C@@H](N)C(F)(F)F)c3ccccc32)cc1. The molecule has 1 heterocycles. The largest absolute Gasteiger partial charge is 0.479 e. The van der Waals surface area contributed by atoms with Crippen molar-refractivity contribution in [2.45, 2.75) is 142 Å². The fraction of sp³-hybridized carbons (Fsp3) is 0.560. The highest BCUT2D eigenvalue weighted by Crippen LogP contribution is 2.27. The molecule has 0 spiro atoms. The number of fused-ring (bicyclic) bond motifs is 1. The van der Waals surface area contributed by atoms with E-state index in [1.54, 1.807) is 47.6 Å². The molecule has 17 nitrogen and oxygen atoms in total. The van der Waals surface area contributed by atoms with E-state index in [9.17, 15) is 47.0 Å². The molecule has 0 aliphatic rings. The van der Waals surface area contributed by atoms with E-state index >= 15 is 4.79 Å². The number of aromatic nitrogens is 1. The molecule has 0 aliphatic heterocycles. The van der Waals surface area contributed by atoms with Crippen LogP contribution < -0.4 is 21.8 Å². The van der Waals surface area contributed by atoms with Crippen molar-refractivity contribution in [2.75, 3.05) is 21.1 Å².